The van der Waals surface area contributed by atoms with E-state index in [0.29, 0.717) is 0 Å². The number of benzene rings is 1. The fraction of sp³-hybridized carbons (Fsp3) is 0.438. The lowest BCUT2D eigenvalue weighted by atomic mass is 10.1. The van der Waals surface area contributed by atoms with E-state index >= 15 is 0 Å². The van der Waals surface area contributed by atoms with Gasteiger partial charge in [-0.2, -0.15) is 5.10 Å². The monoisotopic (exact) mass is 335 g/mol. The summed E-state index contributed by atoms with van der Waals surface area (Å²) < 4.78 is 27.9. The second-order valence-electron chi connectivity index (χ2n) is 5.95. The zero-order valence-electron chi connectivity index (χ0n) is 13.3. The quantitative estimate of drug-likeness (QED) is 0.938. The van der Waals surface area contributed by atoms with Crippen molar-refractivity contribution in [1.29, 1.82) is 0 Å². The maximum Gasteiger partial charge on any atom is 0.317 e. The van der Waals surface area contributed by atoms with Crippen LogP contribution in [0.2, 0.25) is 0 Å². The van der Waals surface area contributed by atoms with Gasteiger partial charge in [0.2, 0.25) is 0 Å². The summed E-state index contributed by atoms with van der Waals surface area (Å²) in [6, 6.07) is 7.03. The number of hydrogen-bond acceptors (Lipinski definition) is 3. The van der Waals surface area contributed by atoms with Gasteiger partial charge in [-0.15, -0.1) is 0 Å². The maximum atomic E-state index is 13.2. The third kappa shape index (κ3) is 3.69. The minimum Gasteiger partial charge on any atom is -0.331 e. The predicted molar refractivity (Wildman–Crippen MR) is 84.1 cm³/mol. The number of nitrogens with one attached hydrogen (secondary N) is 1. The molecule has 0 unspecified atom stereocenters. The van der Waals surface area contributed by atoms with E-state index in [9.17, 15) is 13.6 Å². The number of nitrogens with zero attached hydrogens (tertiary/aromatic N) is 4. The number of urea groups is 1. The second kappa shape index (κ2) is 6.54. The molecule has 128 valence electrons. The SMILES string of the molecule is C[C@H](NC(=O)N1CCC(F)(F)CC1)c1ccc(-n2cncn2)cc1. The standard InChI is InChI=1S/C16H19F2N5O/c1-12(21-15(24)22-8-6-16(17,18)7-9-22)13-2-4-14(5-3-13)23-11-19-10-20-23/h2-5,10-12H,6-9H2,1H3,(H,21,24)/t12-/m0/s1. The lowest BCUT2D eigenvalue weighted by Gasteiger charge is -2.32. The highest BCUT2D eigenvalue weighted by Crippen LogP contribution is 2.27. The van der Waals surface area contributed by atoms with Crippen molar-refractivity contribution in [3.63, 3.8) is 0 Å². The Bertz CT molecular complexity index is 677. The molecule has 2 amide bonds. The Hall–Kier alpha value is -2.51. The van der Waals surface area contributed by atoms with Gasteiger partial charge >= 0.3 is 6.03 Å². The average molecular weight is 335 g/mol. The maximum absolute atomic E-state index is 13.2. The molecular formula is C16H19F2N5O. The Kier molecular flexibility index (Phi) is 4.46. The first-order valence-corrected chi connectivity index (χ1v) is 7.83. The first-order valence-electron chi connectivity index (χ1n) is 7.83. The number of aromatic nitrogens is 3. The molecule has 0 saturated carbocycles. The summed E-state index contributed by atoms with van der Waals surface area (Å²) in [7, 11) is 0. The van der Waals surface area contributed by atoms with Gasteiger partial charge in [0.05, 0.1) is 11.7 Å². The molecule has 1 saturated heterocycles. The Morgan fingerprint density at radius 1 is 1.25 bits per heavy atom. The highest BCUT2D eigenvalue weighted by atomic mass is 19.3. The summed E-state index contributed by atoms with van der Waals surface area (Å²) in [4.78, 5) is 17.5. The summed E-state index contributed by atoms with van der Waals surface area (Å²) in [6.45, 7) is 2.02. The van der Waals surface area contributed by atoms with Crippen molar-refractivity contribution in [2.75, 3.05) is 13.1 Å². The fourth-order valence-electron chi connectivity index (χ4n) is 2.65. The van der Waals surface area contributed by atoms with Crippen molar-refractivity contribution >= 4 is 6.03 Å². The van der Waals surface area contributed by atoms with Gasteiger partial charge in [0.1, 0.15) is 12.7 Å². The molecule has 0 spiro atoms. The van der Waals surface area contributed by atoms with Crippen LogP contribution in [0.15, 0.2) is 36.9 Å². The third-order valence-corrected chi connectivity index (χ3v) is 4.20. The second-order valence-corrected chi connectivity index (χ2v) is 5.95. The number of hydrogen-bond donors (Lipinski definition) is 1. The number of carbonyl (C=O) groups is 1. The number of piperidine rings is 1. The van der Waals surface area contributed by atoms with Crippen LogP contribution in [-0.2, 0) is 0 Å². The molecule has 3 rings (SSSR count). The molecule has 1 aliphatic rings. The summed E-state index contributed by atoms with van der Waals surface area (Å²) in [5.74, 6) is -2.65. The number of carbonyl (C=O) groups excluding carboxylic acids is 1. The van der Waals surface area contributed by atoms with Crippen LogP contribution in [0.1, 0.15) is 31.4 Å². The Morgan fingerprint density at radius 3 is 2.50 bits per heavy atom. The van der Waals surface area contributed by atoms with Crippen LogP contribution in [0.5, 0.6) is 0 Å². The average Bonchev–Trinajstić information content (AvgIpc) is 3.09. The van der Waals surface area contributed by atoms with E-state index in [1.54, 1.807) is 11.0 Å². The lowest BCUT2D eigenvalue weighted by molar-refractivity contribution is -0.0470. The van der Waals surface area contributed by atoms with Gasteiger partial charge < -0.3 is 10.2 Å². The molecule has 1 N–H and O–H groups in total. The van der Waals surface area contributed by atoms with Crippen LogP contribution in [0.3, 0.4) is 0 Å². The summed E-state index contributed by atoms with van der Waals surface area (Å²) in [6.07, 6.45) is 2.51. The molecule has 2 heterocycles. The molecule has 6 nitrogen and oxygen atoms in total. The van der Waals surface area contributed by atoms with Crippen LogP contribution < -0.4 is 5.32 Å². The van der Waals surface area contributed by atoms with E-state index in [4.69, 9.17) is 0 Å². The van der Waals surface area contributed by atoms with Crippen LogP contribution in [0.25, 0.3) is 5.69 Å². The molecular weight excluding hydrogens is 316 g/mol. The number of amides is 2. The summed E-state index contributed by atoms with van der Waals surface area (Å²) in [5, 5.41) is 6.90. The van der Waals surface area contributed by atoms with Gasteiger partial charge in [0.25, 0.3) is 5.92 Å². The van der Waals surface area contributed by atoms with Crippen molar-refractivity contribution in [3.8, 4) is 5.69 Å². The molecule has 1 aliphatic heterocycles. The third-order valence-electron chi connectivity index (χ3n) is 4.20. The molecule has 2 aromatic rings. The normalized spacial score (nSPS) is 18.2. The van der Waals surface area contributed by atoms with Gasteiger partial charge in [-0.05, 0) is 24.6 Å². The van der Waals surface area contributed by atoms with Gasteiger partial charge in [-0.3, -0.25) is 0 Å². The van der Waals surface area contributed by atoms with Gasteiger partial charge in [0.15, 0.2) is 0 Å². The molecule has 0 aliphatic carbocycles. The van der Waals surface area contributed by atoms with Crippen molar-refractivity contribution in [2.45, 2.75) is 31.7 Å². The highest BCUT2D eigenvalue weighted by molar-refractivity contribution is 5.74. The van der Waals surface area contributed by atoms with E-state index in [-0.39, 0.29) is 38.0 Å². The van der Waals surface area contributed by atoms with Crippen LogP contribution in [0, 0.1) is 0 Å². The van der Waals surface area contributed by atoms with Gasteiger partial charge in [-0.1, -0.05) is 12.1 Å². The molecule has 1 aromatic heterocycles. The Morgan fingerprint density at radius 2 is 1.92 bits per heavy atom. The first-order chi connectivity index (χ1) is 11.4. The van der Waals surface area contributed by atoms with E-state index in [0.717, 1.165) is 11.3 Å². The van der Waals surface area contributed by atoms with Crippen LogP contribution in [0.4, 0.5) is 13.6 Å². The van der Waals surface area contributed by atoms with E-state index in [2.05, 4.69) is 15.4 Å². The molecule has 0 bridgehead atoms. The zero-order valence-corrected chi connectivity index (χ0v) is 13.3. The summed E-state index contributed by atoms with van der Waals surface area (Å²) in [5.41, 5.74) is 1.79. The Labute approximate surface area is 138 Å². The highest BCUT2D eigenvalue weighted by Gasteiger charge is 2.35. The largest absolute Gasteiger partial charge is 0.331 e. The predicted octanol–water partition coefficient (Wildman–Crippen LogP) is 2.77. The summed E-state index contributed by atoms with van der Waals surface area (Å²) >= 11 is 0. The minimum atomic E-state index is -2.65. The van der Waals surface area contributed by atoms with Crippen molar-refractivity contribution in [2.24, 2.45) is 0 Å². The topological polar surface area (TPSA) is 63.1 Å². The smallest absolute Gasteiger partial charge is 0.317 e. The number of rotatable bonds is 3. The zero-order chi connectivity index (χ0) is 17.2. The van der Waals surface area contributed by atoms with Crippen molar-refractivity contribution in [3.05, 3.63) is 42.5 Å². The molecule has 24 heavy (non-hydrogen) atoms. The van der Waals surface area contributed by atoms with Gasteiger partial charge in [0, 0.05) is 25.9 Å². The molecule has 1 atom stereocenters. The fourth-order valence-corrected chi connectivity index (χ4v) is 2.65. The van der Waals surface area contributed by atoms with E-state index in [1.165, 1.54) is 11.2 Å². The van der Waals surface area contributed by atoms with Crippen molar-refractivity contribution in [1.82, 2.24) is 25.0 Å². The lowest BCUT2D eigenvalue weighted by Crippen LogP contribution is -2.47. The van der Waals surface area contributed by atoms with Gasteiger partial charge in [-0.25, -0.2) is 23.2 Å². The Balaban J connectivity index is 1.58. The number of alkyl halides is 2. The van der Waals surface area contributed by atoms with E-state index < -0.39 is 5.92 Å². The molecule has 1 fully saturated rings. The van der Waals surface area contributed by atoms with E-state index in [1.807, 2.05) is 31.2 Å². The molecule has 8 heteroatoms. The molecule has 1 aromatic carbocycles. The molecule has 0 radical (unpaired) electrons. The van der Waals surface area contributed by atoms with Crippen LogP contribution >= 0.6 is 0 Å². The van der Waals surface area contributed by atoms with Crippen molar-refractivity contribution < 1.29 is 13.6 Å². The van der Waals surface area contributed by atoms with Crippen LogP contribution in [-0.4, -0.2) is 44.7 Å². The first kappa shape index (κ1) is 16.4. The minimum absolute atomic E-state index is 0.0801. The number of halogens is 2. The number of likely N-dealkylation sites (tertiary alicyclic amines) is 1.